The van der Waals surface area contributed by atoms with Gasteiger partial charge >= 0.3 is 0 Å². The number of nitrogens with one attached hydrogen (secondary N) is 1. The largest absolute Gasteiger partial charge is 0.463 e. The number of aryl methyl sites for hydroxylation is 1. The molecule has 0 saturated heterocycles. The van der Waals surface area contributed by atoms with Crippen LogP contribution in [0.25, 0.3) is 11.5 Å². The molecule has 17 heavy (non-hydrogen) atoms. The maximum atomic E-state index is 5.40. The van der Waals surface area contributed by atoms with Gasteiger partial charge in [0.2, 0.25) is 0 Å². The van der Waals surface area contributed by atoms with E-state index in [2.05, 4.69) is 31.2 Å². The molecule has 2 aromatic heterocycles. The average Bonchev–Trinajstić information content (AvgIpc) is 2.81. The molecule has 0 aliphatic rings. The molecule has 2 rings (SSSR count). The van der Waals surface area contributed by atoms with Crippen LogP contribution in [0, 0.1) is 0 Å². The van der Waals surface area contributed by atoms with Crippen LogP contribution in [-0.4, -0.2) is 15.3 Å². The summed E-state index contributed by atoms with van der Waals surface area (Å²) in [7, 11) is 1.92. The van der Waals surface area contributed by atoms with E-state index in [1.54, 1.807) is 6.26 Å². The third-order valence-corrected chi connectivity index (χ3v) is 2.47. The molecule has 0 unspecified atom stereocenters. The first-order chi connectivity index (χ1) is 7.96. The van der Waals surface area contributed by atoms with Crippen molar-refractivity contribution in [1.82, 2.24) is 15.1 Å². The highest BCUT2D eigenvalue weighted by molar-refractivity contribution is 5.56. The fourth-order valence-electron chi connectivity index (χ4n) is 1.65. The highest BCUT2D eigenvalue weighted by Crippen LogP contribution is 2.22. The Labute approximate surface area is 102 Å². The fraction of sp³-hybridized carbons (Fsp3) is 0.462. The van der Waals surface area contributed by atoms with Gasteiger partial charge in [-0.1, -0.05) is 0 Å². The minimum atomic E-state index is 0.0935. The molecular weight excluding hydrogens is 214 g/mol. The van der Waals surface area contributed by atoms with E-state index in [1.165, 1.54) is 0 Å². The van der Waals surface area contributed by atoms with Gasteiger partial charge in [0.25, 0.3) is 0 Å². The van der Waals surface area contributed by atoms with Crippen molar-refractivity contribution in [2.75, 3.05) is 0 Å². The standard InChI is InChI=1S/C13H19N3O/c1-13(2,3)14-8-10-9-16(4)15-12(10)11-6-5-7-17-11/h5-7,9,14H,8H2,1-4H3. The molecule has 2 heterocycles. The van der Waals surface area contributed by atoms with E-state index >= 15 is 0 Å². The lowest BCUT2D eigenvalue weighted by atomic mass is 10.1. The van der Waals surface area contributed by atoms with Gasteiger partial charge in [-0.2, -0.15) is 5.10 Å². The molecule has 0 aliphatic heterocycles. The number of aromatic nitrogens is 2. The van der Waals surface area contributed by atoms with Crippen LogP contribution < -0.4 is 5.32 Å². The van der Waals surface area contributed by atoms with Crippen molar-refractivity contribution in [3.8, 4) is 11.5 Å². The lowest BCUT2D eigenvalue weighted by molar-refractivity contribution is 0.424. The van der Waals surface area contributed by atoms with Crippen molar-refractivity contribution in [2.24, 2.45) is 7.05 Å². The highest BCUT2D eigenvalue weighted by Gasteiger charge is 2.15. The summed E-state index contributed by atoms with van der Waals surface area (Å²) in [5.74, 6) is 0.816. The van der Waals surface area contributed by atoms with Crippen molar-refractivity contribution in [3.05, 3.63) is 30.2 Å². The summed E-state index contributed by atoms with van der Waals surface area (Å²) in [6, 6.07) is 3.81. The summed E-state index contributed by atoms with van der Waals surface area (Å²) in [6.07, 6.45) is 3.70. The summed E-state index contributed by atoms with van der Waals surface area (Å²) in [6.45, 7) is 7.23. The minimum Gasteiger partial charge on any atom is -0.463 e. The molecule has 0 amide bonds. The Morgan fingerprint density at radius 1 is 1.41 bits per heavy atom. The monoisotopic (exact) mass is 233 g/mol. The average molecular weight is 233 g/mol. The van der Waals surface area contributed by atoms with Gasteiger partial charge in [-0.15, -0.1) is 0 Å². The Bertz CT molecular complexity index is 477. The van der Waals surface area contributed by atoms with E-state index in [0.29, 0.717) is 0 Å². The molecule has 0 radical (unpaired) electrons. The van der Waals surface area contributed by atoms with Crippen LogP contribution in [-0.2, 0) is 13.6 Å². The number of hydrogen-bond donors (Lipinski definition) is 1. The van der Waals surface area contributed by atoms with Gasteiger partial charge in [-0.05, 0) is 32.9 Å². The Morgan fingerprint density at radius 2 is 2.18 bits per heavy atom. The van der Waals surface area contributed by atoms with Crippen LogP contribution in [0.3, 0.4) is 0 Å². The number of furan rings is 1. The van der Waals surface area contributed by atoms with Crippen molar-refractivity contribution >= 4 is 0 Å². The predicted octanol–water partition coefficient (Wildman–Crippen LogP) is 2.57. The molecule has 2 aromatic rings. The van der Waals surface area contributed by atoms with Gasteiger partial charge in [-0.25, -0.2) is 0 Å². The van der Waals surface area contributed by atoms with Gasteiger partial charge < -0.3 is 9.73 Å². The van der Waals surface area contributed by atoms with Crippen molar-refractivity contribution < 1.29 is 4.42 Å². The van der Waals surface area contributed by atoms with Crippen molar-refractivity contribution in [2.45, 2.75) is 32.9 Å². The topological polar surface area (TPSA) is 43.0 Å². The van der Waals surface area contributed by atoms with E-state index in [4.69, 9.17) is 4.42 Å². The van der Waals surface area contributed by atoms with Gasteiger partial charge in [-0.3, -0.25) is 4.68 Å². The zero-order valence-corrected chi connectivity index (χ0v) is 10.8. The van der Waals surface area contributed by atoms with Crippen LogP contribution in [0.1, 0.15) is 26.3 Å². The molecule has 4 heteroatoms. The molecule has 0 atom stereocenters. The molecule has 4 nitrogen and oxygen atoms in total. The van der Waals surface area contributed by atoms with Gasteiger partial charge in [0.15, 0.2) is 5.76 Å². The summed E-state index contributed by atoms with van der Waals surface area (Å²) < 4.78 is 7.22. The van der Waals surface area contributed by atoms with E-state index in [-0.39, 0.29) is 5.54 Å². The van der Waals surface area contributed by atoms with Gasteiger partial charge in [0.1, 0.15) is 5.69 Å². The maximum Gasteiger partial charge on any atom is 0.154 e. The Hall–Kier alpha value is -1.55. The van der Waals surface area contributed by atoms with Crippen LogP contribution in [0.5, 0.6) is 0 Å². The van der Waals surface area contributed by atoms with Crippen LogP contribution >= 0.6 is 0 Å². The number of nitrogens with zero attached hydrogens (tertiary/aromatic N) is 2. The second-order valence-electron chi connectivity index (χ2n) is 5.26. The molecule has 92 valence electrons. The quantitative estimate of drug-likeness (QED) is 0.886. The van der Waals surface area contributed by atoms with Crippen molar-refractivity contribution in [3.63, 3.8) is 0 Å². The maximum absolute atomic E-state index is 5.40. The smallest absolute Gasteiger partial charge is 0.154 e. The summed E-state index contributed by atoms with van der Waals surface area (Å²) in [5, 5.41) is 7.90. The third kappa shape index (κ3) is 2.97. The van der Waals surface area contributed by atoms with Gasteiger partial charge in [0.05, 0.1) is 6.26 Å². The van der Waals surface area contributed by atoms with Crippen LogP contribution in [0.15, 0.2) is 29.0 Å². The highest BCUT2D eigenvalue weighted by atomic mass is 16.3. The zero-order valence-electron chi connectivity index (χ0n) is 10.8. The Balaban J connectivity index is 2.23. The number of rotatable bonds is 3. The summed E-state index contributed by atoms with van der Waals surface area (Å²) >= 11 is 0. The Kier molecular flexibility index (Phi) is 3.07. The molecule has 0 saturated carbocycles. The molecule has 0 aliphatic carbocycles. The lowest BCUT2D eigenvalue weighted by Gasteiger charge is -2.20. The molecular formula is C13H19N3O. The lowest BCUT2D eigenvalue weighted by Crippen LogP contribution is -2.35. The number of hydrogen-bond acceptors (Lipinski definition) is 3. The first-order valence-electron chi connectivity index (χ1n) is 5.77. The second-order valence-corrected chi connectivity index (χ2v) is 5.26. The van der Waals surface area contributed by atoms with Crippen LogP contribution in [0.2, 0.25) is 0 Å². The zero-order chi connectivity index (χ0) is 12.5. The summed E-state index contributed by atoms with van der Waals surface area (Å²) in [5.41, 5.74) is 2.16. The molecule has 0 bridgehead atoms. The normalized spacial score (nSPS) is 12.0. The third-order valence-electron chi connectivity index (χ3n) is 2.47. The van der Waals surface area contributed by atoms with Crippen molar-refractivity contribution in [1.29, 1.82) is 0 Å². The van der Waals surface area contributed by atoms with E-state index in [9.17, 15) is 0 Å². The first-order valence-corrected chi connectivity index (χ1v) is 5.77. The van der Waals surface area contributed by atoms with Gasteiger partial charge in [0, 0.05) is 30.9 Å². The van der Waals surface area contributed by atoms with E-state index in [0.717, 1.165) is 23.6 Å². The Morgan fingerprint density at radius 3 is 2.76 bits per heavy atom. The molecule has 0 fully saturated rings. The molecule has 0 aromatic carbocycles. The summed E-state index contributed by atoms with van der Waals surface area (Å²) in [4.78, 5) is 0. The minimum absolute atomic E-state index is 0.0935. The van der Waals surface area contributed by atoms with Crippen LogP contribution in [0.4, 0.5) is 0 Å². The second kappa shape index (κ2) is 4.37. The SMILES string of the molecule is Cn1cc(CNC(C)(C)C)c(-c2ccco2)n1. The fourth-order valence-corrected chi connectivity index (χ4v) is 1.65. The predicted molar refractivity (Wildman–Crippen MR) is 67.5 cm³/mol. The molecule has 1 N–H and O–H groups in total. The molecule has 0 spiro atoms. The van der Waals surface area contributed by atoms with E-state index in [1.807, 2.05) is 30.1 Å². The van der Waals surface area contributed by atoms with E-state index < -0.39 is 0 Å². The first kappa shape index (κ1) is 11.9.